The molecule has 0 aliphatic heterocycles. The second-order valence-corrected chi connectivity index (χ2v) is 4.63. The number of urea groups is 1. The molecular formula is C11H10BrFN2O5. The van der Waals surface area contributed by atoms with Gasteiger partial charge in [0.05, 0.1) is 12.1 Å². The summed E-state index contributed by atoms with van der Waals surface area (Å²) < 4.78 is 13.9. The lowest BCUT2D eigenvalue weighted by molar-refractivity contribution is -0.145. The van der Waals surface area contributed by atoms with Crippen LogP contribution >= 0.6 is 15.9 Å². The van der Waals surface area contributed by atoms with Crippen molar-refractivity contribution in [2.45, 2.75) is 12.5 Å². The van der Waals surface area contributed by atoms with E-state index in [0.29, 0.717) is 4.47 Å². The molecule has 0 fully saturated rings. The molecule has 1 atom stereocenters. The number of carboxylic acids is 2. The summed E-state index contributed by atoms with van der Waals surface area (Å²) >= 11 is 3.08. The van der Waals surface area contributed by atoms with Gasteiger partial charge in [-0.15, -0.1) is 0 Å². The molecule has 108 valence electrons. The van der Waals surface area contributed by atoms with Gasteiger partial charge < -0.3 is 20.8 Å². The maximum atomic E-state index is 13.4. The highest BCUT2D eigenvalue weighted by molar-refractivity contribution is 9.10. The number of carbonyl (C=O) groups is 3. The number of hydrogen-bond donors (Lipinski definition) is 4. The van der Waals surface area contributed by atoms with Crippen LogP contribution < -0.4 is 10.6 Å². The summed E-state index contributed by atoms with van der Waals surface area (Å²) in [5, 5.41) is 21.3. The Balaban J connectivity index is 2.72. The highest BCUT2D eigenvalue weighted by Gasteiger charge is 2.23. The summed E-state index contributed by atoms with van der Waals surface area (Å²) in [6.07, 6.45) is -0.788. The smallest absolute Gasteiger partial charge is 0.326 e. The van der Waals surface area contributed by atoms with E-state index < -0.39 is 36.2 Å². The van der Waals surface area contributed by atoms with Gasteiger partial charge in [-0.25, -0.2) is 14.0 Å². The minimum atomic E-state index is -1.61. The molecule has 0 spiro atoms. The third-order valence-corrected chi connectivity index (χ3v) is 2.65. The van der Waals surface area contributed by atoms with Crippen LogP contribution in [0.15, 0.2) is 22.7 Å². The van der Waals surface area contributed by atoms with Crippen LogP contribution in [-0.4, -0.2) is 34.2 Å². The molecule has 0 radical (unpaired) electrons. The Morgan fingerprint density at radius 3 is 2.50 bits per heavy atom. The highest BCUT2D eigenvalue weighted by Crippen LogP contribution is 2.19. The summed E-state index contributed by atoms with van der Waals surface area (Å²) in [6, 6.07) is 1.18. The van der Waals surface area contributed by atoms with E-state index in [-0.39, 0.29) is 5.69 Å². The van der Waals surface area contributed by atoms with Crippen LogP contribution in [0, 0.1) is 5.82 Å². The first kappa shape index (κ1) is 15.9. The normalized spacial score (nSPS) is 11.5. The van der Waals surface area contributed by atoms with Gasteiger partial charge in [0.1, 0.15) is 11.9 Å². The zero-order valence-corrected chi connectivity index (χ0v) is 11.5. The maximum Gasteiger partial charge on any atom is 0.326 e. The number of nitrogens with one attached hydrogen (secondary N) is 2. The van der Waals surface area contributed by atoms with E-state index in [1.165, 1.54) is 12.1 Å². The number of hydrogen-bond acceptors (Lipinski definition) is 3. The van der Waals surface area contributed by atoms with Gasteiger partial charge in [-0.05, 0) is 18.2 Å². The van der Waals surface area contributed by atoms with Crippen LogP contribution in [0.3, 0.4) is 0 Å². The Hall–Kier alpha value is -2.16. The lowest BCUT2D eigenvalue weighted by Gasteiger charge is -2.13. The molecule has 1 aromatic carbocycles. The van der Waals surface area contributed by atoms with E-state index in [1.54, 1.807) is 0 Å². The minimum Gasteiger partial charge on any atom is -0.481 e. The molecule has 20 heavy (non-hydrogen) atoms. The van der Waals surface area contributed by atoms with E-state index in [1.807, 2.05) is 5.32 Å². The molecule has 0 saturated heterocycles. The van der Waals surface area contributed by atoms with Crippen molar-refractivity contribution in [3.05, 3.63) is 28.5 Å². The number of carbonyl (C=O) groups excluding carboxylic acids is 1. The average molecular weight is 349 g/mol. The fourth-order valence-corrected chi connectivity index (χ4v) is 1.65. The minimum absolute atomic E-state index is 0.170. The van der Waals surface area contributed by atoms with Crippen molar-refractivity contribution in [1.82, 2.24) is 5.32 Å². The number of amides is 2. The zero-order chi connectivity index (χ0) is 15.3. The average Bonchev–Trinajstić information content (AvgIpc) is 2.32. The number of anilines is 1. The van der Waals surface area contributed by atoms with Gasteiger partial charge in [-0.2, -0.15) is 0 Å². The molecule has 4 N–H and O–H groups in total. The van der Waals surface area contributed by atoms with E-state index >= 15 is 0 Å². The second kappa shape index (κ2) is 6.85. The van der Waals surface area contributed by atoms with Crippen LogP contribution in [0.25, 0.3) is 0 Å². The molecule has 1 rings (SSSR count). The predicted octanol–water partition coefficient (Wildman–Crippen LogP) is 1.64. The Morgan fingerprint density at radius 1 is 1.30 bits per heavy atom. The molecule has 1 aromatic rings. The standard InChI is InChI=1S/C11H10BrFN2O5/c12-5-1-2-6(13)7(3-5)14-11(20)15-8(10(18)19)4-9(16)17/h1-3,8H,4H2,(H,16,17)(H,18,19)(H2,14,15,20). The molecule has 0 aliphatic carbocycles. The Kier molecular flexibility index (Phi) is 5.44. The molecule has 0 aliphatic rings. The first-order valence-electron chi connectivity index (χ1n) is 5.26. The highest BCUT2D eigenvalue weighted by atomic mass is 79.9. The third-order valence-electron chi connectivity index (χ3n) is 2.16. The monoisotopic (exact) mass is 348 g/mol. The van der Waals surface area contributed by atoms with Gasteiger partial charge in [0.15, 0.2) is 0 Å². The van der Waals surface area contributed by atoms with Gasteiger partial charge in [0.25, 0.3) is 0 Å². The summed E-state index contributed by atoms with van der Waals surface area (Å²) in [6.45, 7) is 0. The Labute approximate surface area is 120 Å². The first-order valence-corrected chi connectivity index (χ1v) is 6.06. The third kappa shape index (κ3) is 4.84. The molecular weight excluding hydrogens is 339 g/mol. The number of benzene rings is 1. The molecule has 0 bridgehead atoms. The van der Waals surface area contributed by atoms with E-state index in [0.717, 1.165) is 6.07 Å². The summed E-state index contributed by atoms with van der Waals surface area (Å²) in [5.74, 6) is -3.60. The molecule has 0 heterocycles. The number of carboxylic acid groups (broad SMARTS) is 2. The largest absolute Gasteiger partial charge is 0.481 e. The molecule has 7 nitrogen and oxygen atoms in total. The summed E-state index contributed by atoms with van der Waals surface area (Å²) in [5.41, 5.74) is -0.170. The topological polar surface area (TPSA) is 116 Å². The van der Waals surface area contributed by atoms with Gasteiger partial charge in [-0.3, -0.25) is 4.79 Å². The zero-order valence-electron chi connectivity index (χ0n) is 9.89. The number of aliphatic carboxylic acids is 2. The van der Waals surface area contributed by atoms with Crippen LogP contribution in [0.5, 0.6) is 0 Å². The summed E-state index contributed by atoms with van der Waals surface area (Å²) in [7, 11) is 0. The maximum absolute atomic E-state index is 13.4. The molecule has 0 aromatic heterocycles. The van der Waals surface area contributed by atoms with Crippen LogP contribution in [0.2, 0.25) is 0 Å². The Bertz CT molecular complexity index is 552. The van der Waals surface area contributed by atoms with Crippen LogP contribution in [0.1, 0.15) is 6.42 Å². The predicted molar refractivity (Wildman–Crippen MR) is 69.9 cm³/mol. The number of halogens is 2. The van der Waals surface area contributed by atoms with Crippen molar-refractivity contribution in [2.24, 2.45) is 0 Å². The molecule has 2 amide bonds. The van der Waals surface area contributed by atoms with Gasteiger partial charge in [0, 0.05) is 4.47 Å². The van der Waals surface area contributed by atoms with Crippen molar-refractivity contribution >= 4 is 39.6 Å². The fraction of sp³-hybridized carbons (Fsp3) is 0.182. The SMILES string of the molecule is O=C(O)CC(NC(=O)Nc1cc(Br)ccc1F)C(=O)O. The van der Waals surface area contributed by atoms with Crippen molar-refractivity contribution in [3.8, 4) is 0 Å². The summed E-state index contributed by atoms with van der Waals surface area (Å²) in [4.78, 5) is 32.7. The van der Waals surface area contributed by atoms with Crippen molar-refractivity contribution in [3.63, 3.8) is 0 Å². The van der Waals surface area contributed by atoms with Gasteiger partial charge in [-0.1, -0.05) is 15.9 Å². The van der Waals surface area contributed by atoms with Gasteiger partial charge >= 0.3 is 18.0 Å². The number of rotatable bonds is 5. The van der Waals surface area contributed by atoms with Crippen molar-refractivity contribution in [2.75, 3.05) is 5.32 Å². The molecule has 9 heteroatoms. The lowest BCUT2D eigenvalue weighted by Crippen LogP contribution is -2.44. The fourth-order valence-electron chi connectivity index (χ4n) is 1.28. The lowest BCUT2D eigenvalue weighted by atomic mass is 10.2. The van der Waals surface area contributed by atoms with Crippen molar-refractivity contribution in [1.29, 1.82) is 0 Å². The van der Waals surface area contributed by atoms with Crippen LogP contribution in [0.4, 0.5) is 14.9 Å². The molecule has 1 unspecified atom stereocenters. The Morgan fingerprint density at radius 2 is 1.95 bits per heavy atom. The second-order valence-electron chi connectivity index (χ2n) is 3.71. The van der Waals surface area contributed by atoms with E-state index in [4.69, 9.17) is 10.2 Å². The van der Waals surface area contributed by atoms with Crippen molar-refractivity contribution < 1.29 is 29.0 Å². The molecule has 0 saturated carbocycles. The van der Waals surface area contributed by atoms with Gasteiger partial charge in [0.2, 0.25) is 0 Å². The van der Waals surface area contributed by atoms with E-state index in [2.05, 4.69) is 21.2 Å². The van der Waals surface area contributed by atoms with E-state index in [9.17, 15) is 18.8 Å². The first-order chi connectivity index (χ1) is 9.29. The quantitative estimate of drug-likeness (QED) is 0.645. The van der Waals surface area contributed by atoms with Crippen LogP contribution in [-0.2, 0) is 9.59 Å².